The van der Waals surface area contributed by atoms with E-state index in [0.717, 1.165) is 0 Å². The number of benzene rings is 1. The molecule has 0 aliphatic carbocycles. The number of hydrogen-bond donors (Lipinski definition) is 0. The molecule has 0 aliphatic rings. The lowest BCUT2D eigenvalue weighted by atomic mass is 10.2. The van der Waals surface area contributed by atoms with Crippen molar-refractivity contribution in [3.63, 3.8) is 0 Å². The number of rotatable bonds is 3. The van der Waals surface area contributed by atoms with Crippen LogP contribution in [0.15, 0.2) is 12.1 Å². The van der Waals surface area contributed by atoms with Crippen molar-refractivity contribution in [3.8, 4) is 11.5 Å². The van der Waals surface area contributed by atoms with Gasteiger partial charge in [-0.3, -0.25) is 0 Å². The molecule has 0 saturated heterocycles. The summed E-state index contributed by atoms with van der Waals surface area (Å²) in [6.45, 7) is 0. The van der Waals surface area contributed by atoms with Crippen molar-refractivity contribution in [1.82, 2.24) is 0 Å². The molecule has 0 bridgehead atoms. The molecule has 0 heterocycles. The molecule has 0 atom stereocenters. The third kappa shape index (κ3) is 1.94. The van der Waals surface area contributed by atoms with Crippen LogP contribution in [0.3, 0.4) is 0 Å². The lowest BCUT2D eigenvalue weighted by Gasteiger charge is -2.09. The van der Waals surface area contributed by atoms with Gasteiger partial charge in [0.25, 0.3) is 0 Å². The largest absolute Gasteiger partial charge is 0.493 e. The molecule has 0 radical (unpaired) electrons. The highest BCUT2D eigenvalue weighted by Crippen LogP contribution is 2.32. The minimum Gasteiger partial charge on any atom is -0.493 e. The van der Waals surface area contributed by atoms with Gasteiger partial charge >= 0.3 is 0 Å². The van der Waals surface area contributed by atoms with Gasteiger partial charge in [0, 0.05) is 10.9 Å². The van der Waals surface area contributed by atoms with Crippen LogP contribution in [0.2, 0.25) is 0 Å². The third-order valence-electron chi connectivity index (χ3n) is 1.71. The summed E-state index contributed by atoms with van der Waals surface area (Å²) in [5.41, 5.74) is 0.553. The zero-order chi connectivity index (χ0) is 9.84. The van der Waals surface area contributed by atoms with Crippen LogP contribution in [0.1, 0.15) is 5.56 Å². The predicted molar refractivity (Wildman–Crippen MR) is 52.1 cm³/mol. The van der Waals surface area contributed by atoms with Gasteiger partial charge in [-0.1, -0.05) is 22.0 Å². The monoisotopic (exact) mass is 248 g/mol. The van der Waals surface area contributed by atoms with E-state index in [1.165, 1.54) is 14.2 Å². The molecule has 0 aliphatic heterocycles. The van der Waals surface area contributed by atoms with Gasteiger partial charge in [0.15, 0.2) is 17.3 Å². The first-order chi connectivity index (χ1) is 6.24. The Labute approximate surface area is 84.8 Å². The Morgan fingerprint density at radius 2 is 2.00 bits per heavy atom. The fraction of sp³-hybridized carbons (Fsp3) is 0.333. The van der Waals surface area contributed by atoms with E-state index < -0.39 is 0 Å². The standard InChI is InChI=1S/C9H10BrFO2/c1-12-7-4-3-6(5-10)8(11)9(7)13-2/h3-4H,5H2,1-2H3. The maximum atomic E-state index is 13.5. The van der Waals surface area contributed by atoms with Crippen LogP contribution < -0.4 is 9.47 Å². The highest BCUT2D eigenvalue weighted by atomic mass is 79.9. The van der Waals surface area contributed by atoms with Crippen molar-refractivity contribution < 1.29 is 13.9 Å². The van der Waals surface area contributed by atoms with Crippen LogP contribution in [0.4, 0.5) is 4.39 Å². The molecule has 1 rings (SSSR count). The molecule has 0 unspecified atom stereocenters. The maximum Gasteiger partial charge on any atom is 0.197 e. The van der Waals surface area contributed by atoms with Crippen molar-refractivity contribution in [2.24, 2.45) is 0 Å². The molecule has 1 aromatic carbocycles. The second-order valence-corrected chi connectivity index (χ2v) is 2.97. The van der Waals surface area contributed by atoms with Gasteiger partial charge in [-0.05, 0) is 6.07 Å². The zero-order valence-electron chi connectivity index (χ0n) is 7.43. The van der Waals surface area contributed by atoms with Crippen LogP contribution in [0.5, 0.6) is 11.5 Å². The van der Waals surface area contributed by atoms with Crippen molar-refractivity contribution >= 4 is 15.9 Å². The van der Waals surface area contributed by atoms with Gasteiger partial charge in [0.2, 0.25) is 0 Å². The Hall–Kier alpha value is -0.770. The molecular weight excluding hydrogens is 239 g/mol. The van der Waals surface area contributed by atoms with E-state index in [2.05, 4.69) is 15.9 Å². The first kappa shape index (κ1) is 10.3. The van der Waals surface area contributed by atoms with Gasteiger partial charge in [-0.25, -0.2) is 4.39 Å². The van der Waals surface area contributed by atoms with Crippen molar-refractivity contribution in [3.05, 3.63) is 23.5 Å². The van der Waals surface area contributed by atoms with Crippen LogP contribution >= 0.6 is 15.9 Å². The molecule has 0 amide bonds. The van der Waals surface area contributed by atoms with Crippen LogP contribution in [0.25, 0.3) is 0 Å². The summed E-state index contributed by atoms with van der Waals surface area (Å²) in [6.07, 6.45) is 0. The highest BCUT2D eigenvalue weighted by molar-refractivity contribution is 9.08. The van der Waals surface area contributed by atoms with Crippen molar-refractivity contribution in [1.29, 1.82) is 0 Å². The van der Waals surface area contributed by atoms with E-state index in [1.807, 2.05) is 0 Å². The van der Waals surface area contributed by atoms with E-state index in [1.54, 1.807) is 12.1 Å². The Balaban J connectivity index is 3.23. The Morgan fingerprint density at radius 3 is 2.46 bits per heavy atom. The predicted octanol–water partition coefficient (Wildman–Crippen LogP) is 2.74. The van der Waals surface area contributed by atoms with Gasteiger partial charge in [0.1, 0.15) is 0 Å². The van der Waals surface area contributed by atoms with Crippen LogP contribution in [-0.2, 0) is 5.33 Å². The summed E-state index contributed by atoms with van der Waals surface area (Å²) >= 11 is 3.18. The highest BCUT2D eigenvalue weighted by Gasteiger charge is 2.13. The maximum absolute atomic E-state index is 13.5. The molecule has 0 spiro atoms. The topological polar surface area (TPSA) is 18.5 Å². The van der Waals surface area contributed by atoms with Gasteiger partial charge in [0.05, 0.1) is 14.2 Å². The molecule has 13 heavy (non-hydrogen) atoms. The summed E-state index contributed by atoms with van der Waals surface area (Å²) in [4.78, 5) is 0. The summed E-state index contributed by atoms with van der Waals surface area (Å²) in [7, 11) is 2.89. The van der Waals surface area contributed by atoms with Gasteiger partial charge in [-0.2, -0.15) is 0 Å². The second kappa shape index (κ2) is 4.46. The molecule has 2 nitrogen and oxygen atoms in total. The van der Waals surface area contributed by atoms with Gasteiger partial charge < -0.3 is 9.47 Å². The van der Waals surface area contributed by atoms with Crippen LogP contribution in [-0.4, -0.2) is 14.2 Å². The summed E-state index contributed by atoms with van der Waals surface area (Å²) in [6, 6.07) is 3.34. The van der Waals surface area contributed by atoms with Gasteiger partial charge in [-0.15, -0.1) is 0 Å². The number of halogens is 2. The lowest BCUT2D eigenvalue weighted by Crippen LogP contribution is -1.96. The summed E-state index contributed by atoms with van der Waals surface area (Å²) < 4.78 is 23.3. The van der Waals surface area contributed by atoms with E-state index in [9.17, 15) is 4.39 Å². The molecule has 72 valence electrons. The molecule has 0 saturated carbocycles. The fourth-order valence-electron chi connectivity index (χ4n) is 1.03. The minimum atomic E-state index is -0.376. The zero-order valence-corrected chi connectivity index (χ0v) is 9.02. The second-order valence-electron chi connectivity index (χ2n) is 2.41. The first-order valence-corrected chi connectivity index (χ1v) is 4.82. The Morgan fingerprint density at radius 1 is 1.31 bits per heavy atom. The number of methoxy groups -OCH3 is 2. The first-order valence-electron chi connectivity index (χ1n) is 3.70. The minimum absolute atomic E-state index is 0.152. The smallest absolute Gasteiger partial charge is 0.197 e. The molecule has 0 N–H and O–H groups in total. The fourth-order valence-corrected chi connectivity index (χ4v) is 1.47. The number of ether oxygens (including phenoxy) is 2. The number of alkyl halides is 1. The van der Waals surface area contributed by atoms with E-state index in [0.29, 0.717) is 16.6 Å². The quantitative estimate of drug-likeness (QED) is 0.767. The summed E-state index contributed by atoms with van der Waals surface area (Å²) in [5, 5.41) is 0.458. The van der Waals surface area contributed by atoms with E-state index in [-0.39, 0.29) is 11.6 Å². The van der Waals surface area contributed by atoms with E-state index in [4.69, 9.17) is 9.47 Å². The summed E-state index contributed by atoms with van der Waals surface area (Å²) in [5.74, 6) is 0.183. The molecule has 0 fully saturated rings. The average Bonchev–Trinajstić information content (AvgIpc) is 2.17. The number of hydrogen-bond acceptors (Lipinski definition) is 2. The third-order valence-corrected chi connectivity index (χ3v) is 2.31. The Kier molecular flexibility index (Phi) is 3.54. The average molecular weight is 249 g/mol. The SMILES string of the molecule is COc1ccc(CBr)c(F)c1OC. The van der Waals surface area contributed by atoms with Crippen LogP contribution in [0, 0.1) is 5.82 Å². The Bertz CT molecular complexity index is 302. The molecule has 1 aromatic rings. The molecule has 0 aromatic heterocycles. The van der Waals surface area contributed by atoms with Crippen molar-refractivity contribution in [2.75, 3.05) is 14.2 Å². The van der Waals surface area contributed by atoms with E-state index >= 15 is 0 Å². The van der Waals surface area contributed by atoms with Crippen molar-refractivity contribution in [2.45, 2.75) is 5.33 Å². The lowest BCUT2D eigenvalue weighted by molar-refractivity contribution is 0.336. The molecule has 4 heteroatoms. The normalized spacial score (nSPS) is 9.85. The molecular formula is C9H10BrFO2.